The van der Waals surface area contributed by atoms with E-state index in [0.717, 1.165) is 0 Å². The Morgan fingerprint density at radius 1 is 1.67 bits per heavy atom. The van der Waals surface area contributed by atoms with Crippen molar-refractivity contribution in [3.05, 3.63) is 0 Å². The molecule has 0 aromatic carbocycles. The van der Waals surface area contributed by atoms with Crippen molar-refractivity contribution in [2.45, 2.75) is 0 Å². The van der Waals surface area contributed by atoms with E-state index in [0.29, 0.717) is 0 Å². The molecule has 0 bridgehead atoms. The highest BCUT2D eigenvalue weighted by Gasteiger charge is 2.00. The second-order valence-electron chi connectivity index (χ2n) is 1.15. The third-order valence-corrected chi connectivity index (χ3v) is 0.491. The van der Waals surface area contributed by atoms with Gasteiger partial charge in [0.2, 0.25) is 0 Å². The van der Waals surface area contributed by atoms with Gasteiger partial charge >= 0.3 is 12.1 Å². The summed E-state index contributed by atoms with van der Waals surface area (Å²) in [6.45, 7) is -0.490. The summed E-state index contributed by atoms with van der Waals surface area (Å²) in [5.41, 5.74) is 0. The van der Waals surface area contributed by atoms with E-state index in [1.807, 2.05) is 5.32 Å². The van der Waals surface area contributed by atoms with E-state index in [1.165, 1.54) is 0 Å². The topological polar surface area (TPSA) is 102 Å². The zero-order valence-corrected chi connectivity index (χ0v) is 4.46. The van der Waals surface area contributed by atoms with Crippen LogP contribution in [0.25, 0.3) is 0 Å². The van der Waals surface area contributed by atoms with Crippen LogP contribution in [0.5, 0.6) is 0 Å². The van der Waals surface area contributed by atoms with Crippen molar-refractivity contribution in [3.63, 3.8) is 0 Å². The molecule has 0 saturated heterocycles. The van der Waals surface area contributed by atoms with Crippen molar-refractivity contribution in [2.75, 3.05) is 6.54 Å². The fourth-order valence-corrected chi connectivity index (χ4v) is 0.189. The molecule has 0 fully saturated rings. The van der Waals surface area contributed by atoms with E-state index in [1.54, 1.807) is 0 Å². The lowest BCUT2D eigenvalue weighted by atomic mass is 10.7. The Hall–Kier alpha value is -1.30. The molecule has 0 aliphatic rings. The molecule has 0 atom stereocenters. The summed E-state index contributed by atoms with van der Waals surface area (Å²) in [6.07, 6.45) is -0.961. The third kappa shape index (κ3) is 4.56. The molecule has 0 saturated carbocycles. The van der Waals surface area contributed by atoms with Gasteiger partial charge in [0.1, 0.15) is 6.54 Å². The standard InChI is InChI=1S/C3H6N2O4/c4-9-3(8)5-1-2(6)7/h1,4H2,(H,5,8)(H,6,7). The molecule has 0 radical (unpaired) electrons. The minimum absolute atomic E-state index is 0.490. The average Bonchev–Trinajstić information content (AvgIpc) is 1.83. The van der Waals surface area contributed by atoms with Crippen LogP contribution >= 0.6 is 0 Å². The van der Waals surface area contributed by atoms with Crippen LogP contribution in [0.15, 0.2) is 0 Å². The van der Waals surface area contributed by atoms with Crippen molar-refractivity contribution < 1.29 is 19.5 Å². The fourth-order valence-electron chi connectivity index (χ4n) is 0.189. The minimum Gasteiger partial charge on any atom is -0.480 e. The molecule has 6 nitrogen and oxygen atoms in total. The van der Waals surface area contributed by atoms with Crippen LogP contribution in [-0.2, 0) is 9.63 Å². The van der Waals surface area contributed by atoms with Crippen LogP contribution in [0.2, 0.25) is 0 Å². The largest absolute Gasteiger partial charge is 0.480 e. The quantitative estimate of drug-likeness (QED) is 0.406. The maximum absolute atomic E-state index is 9.99. The maximum atomic E-state index is 9.99. The van der Waals surface area contributed by atoms with Gasteiger partial charge in [-0.1, -0.05) is 0 Å². The summed E-state index contributed by atoms with van der Waals surface area (Å²) in [4.78, 5) is 23.3. The second-order valence-corrected chi connectivity index (χ2v) is 1.15. The van der Waals surface area contributed by atoms with E-state index in [-0.39, 0.29) is 0 Å². The smallest absolute Gasteiger partial charge is 0.426 e. The van der Waals surface area contributed by atoms with Gasteiger partial charge in [-0.2, -0.15) is 5.90 Å². The first-order valence-corrected chi connectivity index (χ1v) is 2.03. The van der Waals surface area contributed by atoms with Gasteiger partial charge in [-0.05, 0) is 0 Å². The van der Waals surface area contributed by atoms with Gasteiger partial charge < -0.3 is 15.3 Å². The average molecular weight is 134 g/mol. The molecule has 4 N–H and O–H groups in total. The molecular formula is C3H6N2O4. The van der Waals surface area contributed by atoms with Gasteiger partial charge in [-0.25, -0.2) is 4.79 Å². The number of carbonyl (C=O) groups excluding carboxylic acids is 1. The number of aliphatic carboxylic acids is 1. The monoisotopic (exact) mass is 134 g/mol. The summed E-state index contributed by atoms with van der Waals surface area (Å²) in [6, 6.07) is 0. The molecule has 0 aliphatic heterocycles. The zero-order valence-electron chi connectivity index (χ0n) is 4.46. The SMILES string of the molecule is NOC(=O)NCC(=O)O. The summed E-state index contributed by atoms with van der Waals surface area (Å²) in [5.74, 6) is 3.20. The number of nitrogens with one attached hydrogen (secondary N) is 1. The van der Waals surface area contributed by atoms with Crippen LogP contribution in [-0.4, -0.2) is 23.7 Å². The molecule has 52 valence electrons. The van der Waals surface area contributed by atoms with Crippen molar-refractivity contribution in [2.24, 2.45) is 5.90 Å². The van der Waals surface area contributed by atoms with Gasteiger partial charge in [0.15, 0.2) is 0 Å². The van der Waals surface area contributed by atoms with Crippen LogP contribution in [0, 0.1) is 0 Å². The number of carboxylic acids is 1. The molecule has 0 unspecified atom stereocenters. The first kappa shape index (κ1) is 7.70. The highest BCUT2D eigenvalue weighted by molar-refractivity contribution is 5.76. The second kappa shape index (κ2) is 3.67. The van der Waals surface area contributed by atoms with Gasteiger partial charge in [0.05, 0.1) is 0 Å². The molecule has 0 aromatic heterocycles. The molecule has 0 heterocycles. The Bertz CT molecular complexity index is 123. The van der Waals surface area contributed by atoms with E-state index in [2.05, 4.69) is 10.7 Å². The summed E-state index contributed by atoms with van der Waals surface area (Å²) in [5, 5.41) is 9.79. The van der Waals surface area contributed by atoms with Crippen molar-refractivity contribution in [1.82, 2.24) is 5.32 Å². The maximum Gasteiger partial charge on any atom is 0.426 e. The molecule has 0 rings (SSSR count). The minimum atomic E-state index is -1.15. The Labute approximate surface area is 50.5 Å². The Morgan fingerprint density at radius 3 is 2.56 bits per heavy atom. The van der Waals surface area contributed by atoms with Crippen molar-refractivity contribution in [1.29, 1.82) is 0 Å². The number of nitrogens with two attached hydrogens (primary N) is 1. The number of rotatable bonds is 2. The number of amides is 1. The molecule has 0 spiro atoms. The lowest BCUT2D eigenvalue weighted by Crippen LogP contribution is -2.31. The van der Waals surface area contributed by atoms with Crippen LogP contribution in [0.3, 0.4) is 0 Å². The molecule has 0 aromatic rings. The summed E-state index contributed by atoms with van der Waals surface area (Å²) in [7, 11) is 0. The number of carbonyl (C=O) groups is 2. The molecule has 9 heavy (non-hydrogen) atoms. The predicted molar refractivity (Wildman–Crippen MR) is 26.3 cm³/mol. The normalized spacial score (nSPS) is 8.11. The molecule has 0 aliphatic carbocycles. The first-order chi connectivity index (χ1) is 4.16. The highest BCUT2D eigenvalue weighted by atomic mass is 16.7. The first-order valence-electron chi connectivity index (χ1n) is 2.03. The van der Waals surface area contributed by atoms with Crippen LogP contribution < -0.4 is 11.2 Å². The number of carboxylic acid groups (broad SMARTS) is 1. The van der Waals surface area contributed by atoms with E-state index in [4.69, 9.17) is 5.11 Å². The van der Waals surface area contributed by atoms with E-state index >= 15 is 0 Å². The van der Waals surface area contributed by atoms with E-state index in [9.17, 15) is 9.59 Å². The van der Waals surface area contributed by atoms with Gasteiger partial charge in [-0.3, -0.25) is 4.79 Å². The Balaban J connectivity index is 3.28. The Kier molecular flexibility index (Phi) is 3.14. The lowest BCUT2D eigenvalue weighted by molar-refractivity contribution is -0.135. The highest BCUT2D eigenvalue weighted by Crippen LogP contribution is 1.65. The number of hydrogen-bond acceptors (Lipinski definition) is 4. The summed E-state index contributed by atoms with van der Waals surface area (Å²) < 4.78 is 0. The van der Waals surface area contributed by atoms with Crippen molar-refractivity contribution >= 4 is 12.1 Å². The van der Waals surface area contributed by atoms with Gasteiger partial charge in [0.25, 0.3) is 0 Å². The molecular weight excluding hydrogens is 128 g/mol. The summed E-state index contributed by atoms with van der Waals surface area (Å²) >= 11 is 0. The van der Waals surface area contributed by atoms with Crippen molar-refractivity contribution in [3.8, 4) is 0 Å². The van der Waals surface area contributed by atoms with Crippen LogP contribution in [0.4, 0.5) is 4.79 Å². The zero-order chi connectivity index (χ0) is 7.28. The fraction of sp³-hybridized carbons (Fsp3) is 0.333. The van der Waals surface area contributed by atoms with Gasteiger partial charge in [-0.15, -0.1) is 0 Å². The molecule has 1 amide bonds. The van der Waals surface area contributed by atoms with Crippen LogP contribution in [0.1, 0.15) is 0 Å². The van der Waals surface area contributed by atoms with E-state index < -0.39 is 18.6 Å². The lowest BCUT2D eigenvalue weighted by Gasteiger charge is -1.95. The molecule has 6 heteroatoms. The number of hydrogen-bond donors (Lipinski definition) is 3. The predicted octanol–water partition coefficient (Wildman–Crippen LogP) is -1.33. The third-order valence-electron chi connectivity index (χ3n) is 0.491. The Morgan fingerprint density at radius 2 is 2.22 bits per heavy atom. The van der Waals surface area contributed by atoms with Gasteiger partial charge in [0, 0.05) is 0 Å².